The van der Waals surface area contributed by atoms with Crippen molar-refractivity contribution in [2.75, 3.05) is 18.1 Å². The van der Waals surface area contributed by atoms with Gasteiger partial charge in [0.1, 0.15) is 0 Å². The Morgan fingerprint density at radius 3 is 2.85 bits per heavy atom. The van der Waals surface area contributed by atoms with Gasteiger partial charge in [0.05, 0.1) is 5.60 Å². The lowest BCUT2D eigenvalue weighted by molar-refractivity contribution is 0.0169. The zero-order chi connectivity index (χ0) is 9.31. The molecule has 2 nitrogen and oxygen atoms in total. The standard InChI is InChI=1S/C10H19NOS/c1-2-8-3-4-11-9(5-8)10(12)6-13-7-10/h8-9,11-12H,2-7H2,1H3. The van der Waals surface area contributed by atoms with Crippen LogP contribution in [0.3, 0.4) is 0 Å². The van der Waals surface area contributed by atoms with Gasteiger partial charge in [0.2, 0.25) is 0 Å². The van der Waals surface area contributed by atoms with E-state index < -0.39 is 0 Å². The van der Waals surface area contributed by atoms with Crippen LogP contribution in [-0.2, 0) is 0 Å². The molecule has 2 aliphatic rings. The normalized spacial score (nSPS) is 38.3. The molecule has 0 bridgehead atoms. The van der Waals surface area contributed by atoms with Crippen LogP contribution in [0.4, 0.5) is 0 Å². The van der Waals surface area contributed by atoms with Gasteiger partial charge in [-0.25, -0.2) is 0 Å². The first-order valence-electron chi connectivity index (χ1n) is 5.28. The second-order valence-corrected chi connectivity index (χ2v) is 5.39. The van der Waals surface area contributed by atoms with Crippen molar-refractivity contribution < 1.29 is 5.11 Å². The number of hydrogen-bond acceptors (Lipinski definition) is 3. The number of nitrogens with one attached hydrogen (secondary N) is 1. The van der Waals surface area contributed by atoms with Crippen molar-refractivity contribution in [3.63, 3.8) is 0 Å². The third-order valence-electron chi connectivity index (χ3n) is 3.44. The first kappa shape index (κ1) is 9.81. The van der Waals surface area contributed by atoms with Crippen molar-refractivity contribution in [1.82, 2.24) is 5.32 Å². The summed E-state index contributed by atoms with van der Waals surface area (Å²) in [6.07, 6.45) is 3.73. The van der Waals surface area contributed by atoms with Crippen LogP contribution in [-0.4, -0.2) is 34.8 Å². The molecule has 2 rings (SSSR count). The van der Waals surface area contributed by atoms with Gasteiger partial charge in [-0.3, -0.25) is 0 Å². The number of aliphatic hydroxyl groups is 1. The summed E-state index contributed by atoms with van der Waals surface area (Å²) < 4.78 is 0. The van der Waals surface area contributed by atoms with Gasteiger partial charge in [-0.15, -0.1) is 0 Å². The van der Waals surface area contributed by atoms with E-state index in [1.807, 2.05) is 11.8 Å². The van der Waals surface area contributed by atoms with Gasteiger partial charge in [0.25, 0.3) is 0 Å². The van der Waals surface area contributed by atoms with E-state index in [2.05, 4.69) is 12.2 Å². The predicted octanol–water partition coefficient (Wildman–Crippen LogP) is 1.24. The summed E-state index contributed by atoms with van der Waals surface area (Å²) in [6.45, 7) is 3.35. The molecule has 2 heterocycles. The van der Waals surface area contributed by atoms with Gasteiger partial charge in [0, 0.05) is 17.5 Å². The maximum absolute atomic E-state index is 10.2. The highest BCUT2D eigenvalue weighted by Gasteiger charge is 2.44. The molecule has 2 atom stereocenters. The Hall–Kier alpha value is 0.270. The molecule has 3 heteroatoms. The van der Waals surface area contributed by atoms with E-state index in [0.717, 1.165) is 24.0 Å². The van der Waals surface area contributed by atoms with Gasteiger partial charge in [-0.05, 0) is 25.3 Å². The van der Waals surface area contributed by atoms with E-state index in [9.17, 15) is 5.11 Å². The van der Waals surface area contributed by atoms with E-state index >= 15 is 0 Å². The zero-order valence-corrected chi connectivity index (χ0v) is 9.07. The molecule has 2 unspecified atom stereocenters. The van der Waals surface area contributed by atoms with Gasteiger partial charge in [-0.2, -0.15) is 11.8 Å². The third kappa shape index (κ3) is 1.88. The van der Waals surface area contributed by atoms with Crippen LogP contribution in [0.25, 0.3) is 0 Å². The highest BCUT2D eigenvalue weighted by Crippen LogP contribution is 2.36. The maximum atomic E-state index is 10.2. The Labute approximate surface area is 84.5 Å². The summed E-state index contributed by atoms with van der Waals surface area (Å²) in [7, 11) is 0. The Morgan fingerprint density at radius 2 is 2.31 bits per heavy atom. The van der Waals surface area contributed by atoms with Crippen molar-refractivity contribution in [2.45, 2.75) is 37.8 Å². The number of rotatable bonds is 2. The van der Waals surface area contributed by atoms with Crippen molar-refractivity contribution in [3.8, 4) is 0 Å². The molecule has 76 valence electrons. The SMILES string of the molecule is CCC1CCNC(C2(O)CSC2)C1. The van der Waals surface area contributed by atoms with Crippen LogP contribution in [0.2, 0.25) is 0 Å². The summed E-state index contributed by atoms with van der Waals surface area (Å²) in [6, 6.07) is 0.368. The highest BCUT2D eigenvalue weighted by molar-refractivity contribution is 8.00. The molecular weight excluding hydrogens is 182 g/mol. The lowest BCUT2D eigenvalue weighted by Crippen LogP contribution is -2.61. The van der Waals surface area contributed by atoms with E-state index in [4.69, 9.17) is 0 Å². The van der Waals surface area contributed by atoms with E-state index in [0.29, 0.717) is 6.04 Å². The van der Waals surface area contributed by atoms with Gasteiger partial charge >= 0.3 is 0 Å². The molecular formula is C10H19NOS. The van der Waals surface area contributed by atoms with Gasteiger partial charge in [-0.1, -0.05) is 13.3 Å². The van der Waals surface area contributed by atoms with Crippen LogP contribution in [0.5, 0.6) is 0 Å². The quantitative estimate of drug-likeness (QED) is 0.705. The molecule has 0 aliphatic carbocycles. The molecule has 0 radical (unpaired) electrons. The summed E-state index contributed by atoms with van der Waals surface area (Å²) in [5.74, 6) is 2.70. The molecule has 0 aromatic heterocycles. The number of hydrogen-bond donors (Lipinski definition) is 2. The van der Waals surface area contributed by atoms with Crippen molar-refractivity contribution in [3.05, 3.63) is 0 Å². The number of thioether (sulfide) groups is 1. The lowest BCUT2D eigenvalue weighted by atomic mass is 9.83. The first-order chi connectivity index (χ1) is 6.24. The summed E-state index contributed by atoms with van der Waals surface area (Å²) in [5.41, 5.74) is -0.376. The molecule has 0 aromatic carbocycles. The third-order valence-corrected chi connectivity index (χ3v) is 4.85. The smallest absolute Gasteiger partial charge is 0.0979 e. The summed E-state index contributed by atoms with van der Waals surface area (Å²) in [4.78, 5) is 0. The first-order valence-corrected chi connectivity index (χ1v) is 6.43. The molecule has 13 heavy (non-hydrogen) atoms. The van der Waals surface area contributed by atoms with Crippen molar-refractivity contribution >= 4 is 11.8 Å². The fourth-order valence-electron chi connectivity index (χ4n) is 2.29. The van der Waals surface area contributed by atoms with Gasteiger partial charge < -0.3 is 10.4 Å². The maximum Gasteiger partial charge on any atom is 0.0979 e. The Kier molecular flexibility index (Phi) is 2.86. The van der Waals surface area contributed by atoms with Crippen LogP contribution in [0.15, 0.2) is 0 Å². The molecule has 2 N–H and O–H groups in total. The minimum atomic E-state index is -0.376. The summed E-state index contributed by atoms with van der Waals surface area (Å²) in [5, 5.41) is 13.6. The molecule has 2 fully saturated rings. The molecule has 0 aromatic rings. The van der Waals surface area contributed by atoms with Gasteiger partial charge in [0.15, 0.2) is 0 Å². The minimum absolute atomic E-state index is 0.368. The molecule has 0 amide bonds. The molecule has 2 aliphatic heterocycles. The van der Waals surface area contributed by atoms with Crippen LogP contribution >= 0.6 is 11.8 Å². The summed E-state index contributed by atoms with van der Waals surface area (Å²) >= 11 is 1.86. The minimum Gasteiger partial charge on any atom is -0.387 e. The molecule has 0 spiro atoms. The molecule has 2 saturated heterocycles. The second kappa shape index (κ2) is 3.79. The Balaban J connectivity index is 1.91. The van der Waals surface area contributed by atoms with Crippen molar-refractivity contribution in [1.29, 1.82) is 0 Å². The predicted molar refractivity (Wildman–Crippen MR) is 57.1 cm³/mol. The topological polar surface area (TPSA) is 32.3 Å². The zero-order valence-electron chi connectivity index (χ0n) is 8.25. The lowest BCUT2D eigenvalue weighted by Gasteiger charge is -2.46. The van der Waals surface area contributed by atoms with Crippen molar-refractivity contribution in [2.24, 2.45) is 5.92 Å². The largest absolute Gasteiger partial charge is 0.387 e. The second-order valence-electron chi connectivity index (χ2n) is 4.40. The average Bonchev–Trinajstić information content (AvgIpc) is 2.14. The molecule has 0 saturated carbocycles. The van der Waals surface area contributed by atoms with E-state index in [1.54, 1.807) is 0 Å². The monoisotopic (exact) mass is 201 g/mol. The van der Waals surface area contributed by atoms with Crippen LogP contribution < -0.4 is 5.32 Å². The van der Waals surface area contributed by atoms with Crippen LogP contribution in [0, 0.1) is 5.92 Å². The Bertz CT molecular complexity index is 182. The average molecular weight is 201 g/mol. The Morgan fingerprint density at radius 1 is 1.54 bits per heavy atom. The number of piperidine rings is 1. The highest BCUT2D eigenvalue weighted by atomic mass is 32.2. The van der Waals surface area contributed by atoms with E-state index in [-0.39, 0.29) is 5.60 Å². The van der Waals surface area contributed by atoms with E-state index in [1.165, 1.54) is 19.3 Å². The fraction of sp³-hybridized carbons (Fsp3) is 1.00. The van der Waals surface area contributed by atoms with Crippen LogP contribution in [0.1, 0.15) is 26.2 Å². The fourth-order valence-corrected chi connectivity index (χ4v) is 3.31.